The van der Waals surface area contributed by atoms with E-state index in [-0.39, 0.29) is 18.4 Å². The maximum atomic E-state index is 11.6. The van der Waals surface area contributed by atoms with E-state index in [2.05, 4.69) is 31.6 Å². The molecule has 1 aromatic rings. The number of hydrogen-bond donors (Lipinski definition) is 2. The highest BCUT2D eigenvalue weighted by molar-refractivity contribution is 5.82. The zero-order chi connectivity index (χ0) is 16.4. The van der Waals surface area contributed by atoms with Gasteiger partial charge in [0, 0.05) is 6.42 Å². The van der Waals surface area contributed by atoms with E-state index < -0.39 is 0 Å². The minimum Gasteiger partial charge on any atom is -0.484 e. The normalized spacial score (nSPS) is 10.4. The summed E-state index contributed by atoms with van der Waals surface area (Å²) in [5, 5.41) is 0. The molecule has 122 valence electrons. The molecule has 0 heterocycles. The molecule has 2 amide bonds. The van der Waals surface area contributed by atoms with Gasteiger partial charge >= 0.3 is 0 Å². The molecule has 0 aliphatic heterocycles. The van der Waals surface area contributed by atoms with Gasteiger partial charge in [-0.1, -0.05) is 45.7 Å². The Morgan fingerprint density at radius 2 is 1.68 bits per heavy atom. The second kappa shape index (κ2) is 9.82. The van der Waals surface area contributed by atoms with Crippen molar-refractivity contribution in [3.8, 4) is 5.75 Å². The number of hydrogen-bond acceptors (Lipinski definition) is 3. The summed E-state index contributed by atoms with van der Waals surface area (Å²) in [6.45, 7) is 6.18. The molecule has 0 spiro atoms. The predicted molar refractivity (Wildman–Crippen MR) is 86.5 cm³/mol. The Bertz CT molecular complexity index is 469. The minimum absolute atomic E-state index is 0.129. The molecule has 0 aliphatic carbocycles. The molecule has 0 unspecified atom stereocenters. The highest BCUT2D eigenvalue weighted by Gasteiger charge is 2.06. The molecule has 0 atom stereocenters. The number of hydrazine groups is 1. The number of ether oxygens (including phenoxy) is 1. The molecule has 1 aromatic carbocycles. The van der Waals surface area contributed by atoms with Gasteiger partial charge in [0.1, 0.15) is 5.75 Å². The van der Waals surface area contributed by atoms with Gasteiger partial charge in [-0.3, -0.25) is 20.4 Å². The van der Waals surface area contributed by atoms with Gasteiger partial charge in [-0.05, 0) is 30.0 Å². The molecule has 2 N–H and O–H groups in total. The molecule has 0 saturated carbocycles. The van der Waals surface area contributed by atoms with Gasteiger partial charge < -0.3 is 4.74 Å². The van der Waals surface area contributed by atoms with Crippen LogP contribution in [0.1, 0.15) is 57.9 Å². The third kappa shape index (κ3) is 7.11. The first-order chi connectivity index (χ1) is 10.5. The van der Waals surface area contributed by atoms with Crippen molar-refractivity contribution in [2.45, 2.75) is 52.4 Å². The fraction of sp³-hybridized carbons (Fsp3) is 0.529. The van der Waals surface area contributed by atoms with Gasteiger partial charge in [0.05, 0.1) is 0 Å². The fourth-order valence-electron chi connectivity index (χ4n) is 1.87. The van der Waals surface area contributed by atoms with Crippen molar-refractivity contribution >= 4 is 11.8 Å². The molecule has 0 saturated heterocycles. The lowest BCUT2D eigenvalue weighted by Crippen LogP contribution is -2.43. The number of unbranched alkanes of at least 4 members (excludes halogenated alkanes) is 2. The molecule has 0 fully saturated rings. The first-order valence-electron chi connectivity index (χ1n) is 7.83. The number of carbonyl (C=O) groups excluding carboxylic acids is 2. The minimum atomic E-state index is -0.378. The molecular weight excluding hydrogens is 280 g/mol. The Balaban J connectivity index is 2.24. The second-order valence-corrected chi connectivity index (χ2v) is 5.57. The van der Waals surface area contributed by atoms with E-state index in [4.69, 9.17) is 4.74 Å². The van der Waals surface area contributed by atoms with Crippen LogP contribution in [-0.2, 0) is 9.59 Å². The predicted octanol–water partition coefficient (Wildman–Crippen LogP) is 2.92. The van der Waals surface area contributed by atoms with Crippen LogP contribution in [0.2, 0.25) is 0 Å². The van der Waals surface area contributed by atoms with Gasteiger partial charge in [-0.2, -0.15) is 0 Å². The van der Waals surface area contributed by atoms with Gasteiger partial charge in [0.2, 0.25) is 5.91 Å². The second-order valence-electron chi connectivity index (χ2n) is 5.57. The number of amides is 2. The summed E-state index contributed by atoms with van der Waals surface area (Å²) < 4.78 is 5.37. The van der Waals surface area contributed by atoms with Crippen LogP contribution < -0.4 is 15.6 Å². The van der Waals surface area contributed by atoms with Gasteiger partial charge in [-0.25, -0.2) is 0 Å². The van der Waals surface area contributed by atoms with Crippen molar-refractivity contribution in [3.05, 3.63) is 29.8 Å². The van der Waals surface area contributed by atoms with Crippen LogP contribution in [0, 0.1) is 0 Å². The standard InChI is InChI=1S/C17H26N2O3/c1-4-5-6-7-16(20)18-19-17(21)12-22-15-10-8-14(9-11-15)13(2)3/h8-11,13H,4-7,12H2,1-3H3,(H,18,20)(H,19,21). The van der Waals surface area contributed by atoms with Crippen LogP contribution in [0.15, 0.2) is 24.3 Å². The summed E-state index contributed by atoms with van der Waals surface area (Å²) in [5.41, 5.74) is 5.95. The van der Waals surface area contributed by atoms with E-state index in [1.807, 2.05) is 24.3 Å². The molecule has 0 aromatic heterocycles. The zero-order valence-electron chi connectivity index (χ0n) is 13.6. The van der Waals surface area contributed by atoms with Crippen LogP contribution in [0.5, 0.6) is 5.75 Å². The number of benzene rings is 1. The Morgan fingerprint density at radius 1 is 1.05 bits per heavy atom. The molecule has 0 aliphatic rings. The summed E-state index contributed by atoms with van der Waals surface area (Å²) in [6, 6.07) is 7.64. The topological polar surface area (TPSA) is 67.4 Å². The van der Waals surface area contributed by atoms with Crippen molar-refractivity contribution in [2.75, 3.05) is 6.61 Å². The van der Waals surface area contributed by atoms with Gasteiger partial charge in [-0.15, -0.1) is 0 Å². The number of carbonyl (C=O) groups is 2. The monoisotopic (exact) mass is 306 g/mol. The lowest BCUT2D eigenvalue weighted by Gasteiger charge is -2.10. The third-order valence-corrected chi connectivity index (χ3v) is 3.27. The maximum Gasteiger partial charge on any atom is 0.276 e. The van der Waals surface area contributed by atoms with Crippen molar-refractivity contribution in [1.29, 1.82) is 0 Å². The van der Waals surface area contributed by atoms with Crippen LogP contribution in [0.4, 0.5) is 0 Å². The summed E-state index contributed by atoms with van der Waals surface area (Å²) >= 11 is 0. The number of nitrogens with one attached hydrogen (secondary N) is 2. The molecule has 22 heavy (non-hydrogen) atoms. The quantitative estimate of drug-likeness (QED) is 0.573. The Morgan fingerprint density at radius 3 is 2.27 bits per heavy atom. The third-order valence-electron chi connectivity index (χ3n) is 3.27. The van der Waals surface area contributed by atoms with Crippen molar-refractivity contribution in [3.63, 3.8) is 0 Å². The van der Waals surface area contributed by atoms with E-state index in [0.29, 0.717) is 18.1 Å². The summed E-state index contributed by atoms with van der Waals surface area (Å²) in [6.07, 6.45) is 3.32. The zero-order valence-corrected chi connectivity index (χ0v) is 13.6. The molecule has 5 heteroatoms. The van der Waals surface area contributed by atoms with E-state index in [9.17, 15) is 9.59 Å². The van der Waals surface area contributed by atoms with Crippen LogP contribution in [-0.4, -0.2) is 18.4 Å². The van der Waals surface area contributed by atoms with Crippen molar-refractivity contribution in [1.82, 2.24) is 10.9 Å². The average molecular weight is 306 g/mol. The maximum absolute atomic E-state index is 11.6. The lowest BCUT2D eigenvalue weighted by molar-refractivity contribution is -0.130. The van der Waals surface area contributed by atoms with Gasteiger partial charge in [0.25, 0.3) is 5.91 Å². The summed E-state index contributed by atoms with van der Waals surface area (Å²) in [5.74, 6) is 0.536. The van der Waals surface area contributed by atoms with E-state index in [1.54, 1.807) is 0 Å². The smallest absolute Gasteiger partial charge is 0.276 e. The molecular formula is C17H26N2O3. The fourth-order valence-corrected chi connectivity index (χ4v) is 1.87. The SMILES string of the molecule is CCCCCC(=O)NNC(=O)COc1ccc(C(C)C)cc1. The van der Waals surface area contributed by atoms with Crippen molar-refractivity contribution in [2.24, 2.45) is 0 Å². The van der Waals surface area contributed by atoms with Crippen molar-refractivity contribution < 1.29 is 14.3 Å². The largest absolute Gasteiger partial charge is 0.484 e. The highest BCUT2D eigenvalue weighted by atomic mass is 16.5. The Kier molecular flexibility index (Phi) is 8.04. The van der Waals surface area contributed by atoms with Crippen LogP contribution in [0.25, 0.3) is 0 Å². The molecule has 0 radical (unpaired) electrons. The van der Waals surface area contributed by atoms with E-state index >= 15 is 0 Å². The van der Waals surface area contributed by atoms with Crippen LogP contribution in [0.3, 0.4) is 0 Å². The summed E-state index contributed by atoms with van der Waals surface area (Å²) in [7, 11) is 0. The molecule has 1 rings (SSSR count). The molecule has 0 bridgehead atoms. The first-order valence-corrected chi connectivity index (χ1v) is 7.83. The van der Waals surface area contributed by atoms with E-state index in [0.717, 1.165) is 19.3 Å². The highest BCUT2D eigenvalue weighted by Crippen LogP contribution is 2.18. The average Bonchev–Trinajstić information content (AvgIpc) is 2.51. The Hall–Kier alpha value is -2.04. The number of rotatable bonds is 8. The van der Waals surface area contributed by atoms with Crippen LogP contribution >= 0.6 is 0 Å². The van der Waals surface area contributed by atoms with E-state index in [1.165, 1.54) is 5.56 Å². The Labute approximate surface area is 132 Å². The summed E-state index contributed by atoms with van der Waals surface area (Å²) in [4.78, 5) is 23.0. The van der Waals surface area contributed by atoms with Gasteiger partial charge in [0.15, 0.2) is 6.61 Å². The molecule has 5 nitrogen and oxygen atoms in total. The first kappa shape index (κ1) is 18.0. The lowest BCUT2D eigenvalue weighted by atomic mass is 10.0.